The van der Waals surface area contributed by atoms with Gasteiger partial charge in [0.25, 0.3) is 0 Å². The van der Waals surface area contributed by atoms with Gasteiger partial charge in [-0.25, -0.2) is 0 Å². The van der Waals surface area contributed by atoms with Crippen molar-refractivity contribution in [3.63, 3.8) is 0 Å². The summed E-state index contributed by atoms with van der Waals surface area (Å²) in [6, 6.07) is 3.17. The smallest absolute Gasteiger partial charge is 0.416 e. The number of methoxy groups -OCH3 is 3. The first-order chi connectivity index (χ1) is 14.3. The lowest BCUT2D eigenvalue weighted by atomic mass is 10.2. The summed E-state index contributed by atoms with van der Waals surface area (Å²) in [7, 11) is -2.74. The van der Waals surface area contributed by atoms with E-state index >= 15 is 0 Å². The van der Waals surface area contributed by atoms with Crippen LogP contribution in [0.15, 0.2) is 0 Å². The van der Waals surface area contributed by atoms with Gasteiger partial charge in [0.2, 0.25) is 0 Å². The minimum atomic E-state index is -2.90. The van der Waals surface area contributed by atoms with E-state index in [4.69, 9.17) is 31.9 Å². The molecule has 0 N–H and O–H groups in total. The minimum absolute atomic E-state index is 0.0475. The van der Waals surface area contributed by atoms with Gasteiger partial charge in [-0.2, -0.15) is 0 Å². The second kappa shape index (κ2) is 12.3. The molecule has 1 aliphatic heterocycles. The SMILES string of the molecule is COCCO[Si](CC[Si]1(C)CC(C)(C)O[Si](C)(C)[Si]1(C)C)(OCCOC)OCCOC. The van der Waals surface area contributed by atoms with Crippen LogP contribution in [0.2, 0.25) is 50.9 Å². The average molecular weight is 513 g/mol. The predicted octanol–water partition coefficient (Wildman–Crippen LogP) is 3.87. The van der Waals surface area contributed by atoms with E-state index in [9.17, 15) is 0 Å². The summed E-state index contributed by atoms with van der Waals surface area (Å²) in [5.74, 6) is 0. The fraction of sp³-hybridized carbons (Fsp3) is 1.00. The summed E-state index contributed by atoms with van der Waals surface area (Å²) in [5.41, 5.74) is -0.0475. The normalized spacial score (nSPS) is 25.0. The van der Waals surface area contributed by atoms with E-state index in [0.717, 1.165) is 12.1 Å². The van der Waals surface area contributed by atoms with E-state index in [1.807, 2.05) is 0 Å². The van der Waals surface area contributed by atoms with Crippen LogP contribution in [0.4, 0.5) is 0 Å². The first-order valence-electron chi connectivity index (χ1n) is 11.4. The molecule has 1 heterocycles. The molecule has 1 aliphatic rings. The van der Waals surface area contributed by atoms with Crippen molar-refractivity contribution in [3.8, 4) is 0 Å². The predicted molar refractivity (Wildman–Crippen MR) is 135 cm³/mol. The Labute approximate surface area is 194 Å². The quantitative estimate of drug-likeness (QED) is 0.244. The topological polar surface area (TPSA) is 64.6 Å². The van der Waals surface area contributed by atoms with Gasteiger partial charge in [-0.15, -0.1) is 0 Å². The summed E-state index contributed by atoms with van der Waals surface area (Å²) in [6.07, 6.45) is 0. The van der Waals surface area contributed by atoms with Crippen LogP contribution in [0, 0.1) is 0 Å². The lowest BCUT2D eigenvalue weighted by molar-refractivity contribution is 0.0153. The highest BCUT2D eigenvalue weighted by atomic mass is 29.6. The number of hydrogen-bond acceptors (Lipinski definition) is 7. The second-order valence-corrected chi connectivity index (χ2v) is 39.9. The molecule has 0 aromatic heterocycles. The van der Waals surface area contributed by atoms with Crippen molar-refractivity contribution < 1.29 is 31.9 Å². The Morgan fingerprint density at radius 3 is 1.55 bits per heavy atom. The summed E-state index contributed by atoms with van der Waals surface area (Å²) in [6.45, 7) is 20.2. The molecular formula is C20H48O7Si4. The first kappa shape index (κ1) is 29.6. The second-order valence-electron chi connectivity index (χ2n) is 10.4. The fourth-order valence-electron chi connectivity index (χ4n) is 4.75. The van der Waals surface area contributed by atoms with Gasteiger partial charge in [-0.3, -0.25) is 0 Å². The molecular weight excluding hydrogens is 465 g/mol. The van der Waals surface area contributed by atoms with Crippen molar-refractivity contribution in [1.29, 1.82) is 0 Å². The zero-order chi connectivity index (χ0) is 23.8. The number of hydrogen-bond donors (Lipinski definition) is 0. The summed E-state index contributed by atoms with van der Waals surface area (Å²) in [4.78, 5) is 0. The number of rotatable bonds is 15. The van der Waals surface area contributed by atoms with Gasteiger partial charge in [0.15, 0.2) is 7.83 Å². The van der Waals surface area contributed by atoms with E-state index in [1.165, 1.54) is 6.04 Å². The molecule has 0 amide bonds. The molecule has 1 unspecified atom stereocenters. The molecule has 186 valence electrons. The molecule has 0 bridgehead atoms. The lowest BCUT2D eigenvalue weighted by Crippen LogP contribution is -2.78. The van der Waals surface area contributed by atoms with Crippen LogP contribution < -0.4 is 0 Å². The molecule has 0 radical (unpaired) electrons. The van der Waals surface area contributed by atoms with Gasteiger partial charge in [-0.1, -0.05) is 25.7 Å². The van der Waals surface area contributed by atoms with Crippen molar-refractivity contribution in [2.75, 3.05) is 61.0 Å². The Bertz CT molecular complexity index is 507. The van der Waals surface area contributed by atoms with Crippen molar-refractivity contribution in [1.82, 2.24) is 0 Å². The van der Waals surface area contributed by atoms with Crippen LogP contribution >= 0.6 is 0 Å². The Hall–Kier alpha value is 0.588. The van der Waals surface area contributed by atoms with E-state index in [0.29, 0.717) is 39.6 Å². The number of ether oxygens (including phenoxy) is 3. The van der Waals surface area contributed by atoms with Crippen LogP contribution in [-0.4, -0.2) is 97.9 Å². The van der Waals surface area contributed by atoms with Gasteiger partial charge < -0.3 is 31.9 Å². The molecule has 11 heteroatoms. The lowest BCUT2D eigenvalue weighted by Gasteiger charge is -2.59. The van der Waals surface area contributed by atoms with Crippen molar-refractivity contribution in [2.24, 2.45) is 0 Å². The Kier molecular flexibility index (Phi) is 11.8. The van der Waals surface area contributed by atoms with Gasteiger partial charge in [0.05, 0.1) is 46.8 Å². The van der Waals surface area contributed by atoms with Gasteiger partial charge in [0, 0.05) is 40.6 Å². The molecule has 0 spiro atoms. The van der Waals surface area contributed by atoms with E-state index in [-0.39, 0.29) is 5.60 Å². The molecule has 1 fully saturated rings. The minimum Gasteiger partial charge on any atom is -0.416 e. The Balaban J connectivity index is 3.13. The molecule has 0 aromatic carbocycles. The molecule has 7 nitrogen and oxygen atoms in total. The van der Waals surface area contributed by atoms with Crippen molar-refractivity contribution in [2.45, 2.75) is 70.3 Å². The molecule has 0 aliphatic carbocycles. The highest BCUT2D eigenvalue weighted by Crippen LogP contribution is 2.46. The maximum atomic E-state index is 6.75. The summed E-state index contributed by atoms with van der Waals surface area (Å²) >= 11 is 0. The third-order valence-corrected chi connectivity index (χ3v) is 51.1. The fourth-order valence-corrected chi connectivity index (χ4v) is 43.6. The average Bonchev–Trinajstić information content (AvgIpc) is 2.64. The standard InChI is InChI=1S/C20H48O7Si4/c1-20(2)19-30(10,29(8,9)28(6,7)27-20)17-18-31(24-14-11-21-3,25-15-12-22-4)26-16-13-23-5/h11-19H2,1-10H3. The van der Waals surface area contributed by atoms with Crippen molar-refractivity contribution >= 4 is 31.3 Å². The van der Waals surface area contributed by atoms with Gasteiger partial charge in [-0.05, 0) is 33.0 Å². The molecule has 0 saturated carbocycles. The van der Waals surface area contributed by atoms with Crippen LogP contribution in [0.25, 0.3) is 0 Å². The highest BCUT2D eigenvalue weighted by molar-refractivity contribution is 7.68. The molecule has 1 atom stereocenters. The van der Waals surface area contributed by atoms with Gasteiger partial charge >= 0.3 is 8.80 Å². The van der Waals surface area contributed by atoms with E-state index < -0.39 is 31.3 Å². The van der Waals surface area contributed by atoms with E-state index in [1.54, 1.807) is 21.3 Å². The third-order valence-electron chi connectivity index (χ3n) is 7.17. The molecule has 1 rings (SSSR count). The molecule has 1 saturated heterocycles. The third kappa shape index (κ3) is 8.09. The zero-order valence-electron chi connectivity index (χ0n) is 21.7. The Morgan fingerprint density at radius 2 is 1.16 bits per heavy atom. The van der Waals surface area contributed by atoms with E-state index in [2.05, 4.69) is 46.6 Å². The summed E-state index contributed by atoms with van der Waals surface area (Å²) in [5, 5.41) is 0. The molecule has 0 aromatic rings. The van der Waals surface area contributed by atoms with Crippen LogP contribution in [0.5, 0.6) is 0 Å². The van der Waals surface area contributed by atoms with Crippen molar-refractivity contribution in [3.05, 3.63) is 0 Å². The maximum Gasteiger partial charge on any atom is 0.500 e. The largest absolute Gasteiger partial charge is 0.500 e. The molecule has 31 heavy (non-hydrogen) atoms. The Morgan fingerprint density at radius 1 is 0.742 bits per heavy atom. The van der Waals surface area contributed by atoms with Crippen LogP contribution in [0.3, 0.4) is 0 Å². The van der Waals surface area contributed by atoms with Gasteiger partial charge in [0.1, 0.15) is 0 Å². The first-order valence-corrected chi connectivity index (χ1v) is 24.1. The monoisotopic (exact) mass is 512 g/mol. The zero-order valence-corrected chi connectivity index (χ0v) is 25.7. The highest BCUT2D eigenvalue weighted by Gasteiger charge is 2.63. The van der Waals surface area contributed by atoms with Crippen LogP contribution in [0.1, 0.15) is 13.8 Å². The summed E-state index contributed by atoms with van der Waals surface area (Å²) < 4.78 is 41.5. The van der Waals surface area contributed by atoms with Crippen LogP contribution in [-0.2, 0) is 31.9 Å². The maximum absolute atomic E-state index is 6.75.